The molecule has 1 aliphatic rings. The van der Waals surface area contributed by atoms with Gasteiger partial charge in [0, 0.05) is 10.4 Å². The van der Waals surface area contributed by atoms with Crippen LogP contribution in [0.1, 0.15) is 45.0 Å². The summed E-state index contributed by atoms with van der Waals surface area (Å²) in [5.41, 5.74) is 2.82. The number of ether oxygens (including phenoxy) is 1. The summed E-state index contributed by atoms with van der Waals surface area (Å²) in [6, 6.07) is 10.7. The van der Waals surface area contributed by atoms with Crippen LogP contribution in [0.2, 0.25) is 5.02 Å². The van der Waals surface area contributed by atoms with Crippen LogP contribution in [-0.2, 0) is 17.6 Å². The van der Waals surface area contributed by atoms with Crippen LogP contribution in [0.25, 0.3) is 11.3 Å². The highest BCUT2D eigenvalue weighted by molar-refractivity contribution is 7.16. The van der Waals surface area contributed by atoms with Gasteiger partial charge in [0.2, 0.25) is 0 Å². The van der Waals surface area contributed by atoms with Crippen LogP contribution in [-0.4, -0.2) is 19.3 Å². The van der Waals surface area contributed by atoms with E-state index in [9.17, 15) is 10.1 Å². The number of carbonyl (C=O) groups is 1. The van der Waals surface area contributed by atoms with Crippen LogP contribution < -0.4 is 0 Å². The third-order valence-corrected chi connectivity index (χ3v) is 6.38. The number of nitriles is 1. The van der Waals surface area contributed by atoms with E-state index >= 15 is 0 Å². The van der Waals surface area contributed by atoms with Crippen molar-refractivity contribution in [2.75, 3.05) is 7.11 Å². The minimum absolute atomic E-state index is 0.390. The quantitative estimate of drug-likeness (QED) is 0.383. The molecule has 4 rings (SSSR count). The predicted molar refractivity (Wildman–Crippen MR) is 113 cm³/mol. The number of furan rings is 1. The molecule has 0 radical (unpaired) electrons. The number of aliphatic imine (C=N–C) groups is 1. The van der Waals surface area contributed by atoms with Gasteiger partial charge in [0.25, 0.3) is 0 Å². The number of benzene rings is 1. The van der Waals surface area contributed by atoms with Crippen molar-refractivity contribution >= 4 is 40.1 Å². The van der Waals surface area contributed by atoms with E-state index in [1.807, 2.05) is 0 Å². The topological polar surface area (TPSA) is 75.6 Å². The van der Waals surface area contributed by atoms with Gasteiger partial charge in [-0.05, 0) is 61.6 Å². The molecule has 0 N–H and O–H groups in total. The molecule has 0 saturated heterocycles. The predicted octanol–water partition coefficient (Wildman–Crippen LogP) is 5.95. The molecule has 0 bridgehead atoms. The smallest absolute Gasteiger partial charge is 0.337 e. The Morgan fingerprint density at radius 3 is 2.93 bits per heavy atom. The molecule has 0 amide bonds. The Labute approximate surface area is 177 Å². The number of nitrogens with zero attached hydrogens (tertiary/aromatic N) is 2. The SMILES string of the molecule is COC(=O)c1ccc(Cl)c(-c2ccc(C=Nc3sc4c(c3C#N)CCCC4)o2)c1. The lowest BCUT2D eigenvalue weighted by atomic mass is 9.96. The number of methoxy groups -OCH3 is 1. The van der Waals surface area contributed by atoms with Crippen molar-refractivity contribution in [2.45, 2.75) is 25.7 Å². The molecule has 1 aliphatic carbocycles. The van der Waals surface area contributed by atoms with E-state index in [-0.39, 0.29) is 0 Å². The molecular weight excluding hydrogens is 408 g/mol. The van der Waals surface area contributed by atoms with Gasteiger partial charge in [-0.25, -0.2) is 9.79 Å². The first kappa shape index (κ1) is 19.4. The fraction of sp³-hybridized carbons (Fsp3) is 0.227. The molecule has 0 spiro atoms. The number of hydrogen-bond donors (Lipinski definition) is 0. The van der Waals surface area contributed by atoms with Crippen LogP contribution in [0.3, 0.4) is 0 Å². The number of thiophene rings is 1. The maximum absolute atomic E-state index is 11.8. The molecule has 7 heteroatoms. The summed E-state index contributed by atoms with van der Waals surface area (Å²) in [6.45, 7) is 0. The molecule has 1 aromatic carbocycles. The van der Waals surface area contributed by atoms with Gasteiger partial charge in [0.15, 0.2) is 0 Å². The molecule has 2 heterocycles. The Bertz CT molecular complexity index is 1150. The summed E-state index contributed by atoms with van der Waals surface area (Å²) in [7, 11) is 1.33. The molecular formula is C22H17ClN2O3S. The van der Waals surface area contributed by atoms with Crippen LogP contribution in [0.4, 0.5) is 5.00 Å². The average molecular weight is 425 g/mol. The number of aryl methyl sites for hydroxylation is 1. The van der Waals surface area contributed by atoms with Crippen LogP contribution in [0, 0.1) is 11.3 Å². The molecule has 146 valence electrons. The van der Waals surface area contributed by atoms with Crippen molar-refractivity contribution in [2.24, 2.45) is 4.99 Å². The third-order valence-electron chi connectivity index (χ3n) is 4.85. The third kappa shape index (κ3) is 3.84. The monoisotopic (exact) mass is 424 g/mol. The van der Waals surface area contributed by atoms with E-state index < -0.39 is 5.97 Å². The van der Waals surface area contributed by atoms with Gasteiger partial charge in [-0.15, -0.1) is 11.3 Å². The van der Waals surface area contributed by atoms with Gasteiger partial charge in [-0.1, -0.05) is 11.6 Å². The van der Waals surface area contributed by atoms with Gasteiger partial charge in [-0.2, -0.15) is 5.26 Å². The number of rotatable bonds is 4. The molecule has 2 aromatic heterocycles. The Morgan fingerprint density at radius 2 is 2.14 bits per heavy atom. The Morgan fingerprint density at radius 1 is 1.31 bits per heavy atom. The van der Waals surface area contributed by atoms with E-state index in [1.54, 1.807) is 47.9 Å². The molecule has 0 aliphatic heterocycles. The Balaban J connectivity index is 1.62. The highest BCUT2D eigenvalue weighted by atomic mass is 35.5. The maximum atomic E-state index is 11.8. The number of carbonyl (C=O) groups excluding carboxylic acids is 1. The van der Waals surface area contributed by atoms with Gasteiger partial charge >= 0.3 is 5.97 Å². The molecule has 0 fully saturated rings. The van der Waals surface area contributed by atoms with E-state index in [0.717, 1.165) is 36.2 Å². The lowest BCUT2D eigenvalue weighted by molar-refractivity contribution is 0.0601. The van der Waals surface area contributed by atoms with Gasteiger partial charge in [-0.3, -0.25) is 0 Å². The fourth-order valence-corrected chi connectivity index (χ4v) is 4.80. The molecule has 0 unspecified atom stereocenters. The minimum atomic E-state index is -0.443. The minimum Gasteiger partial charge on any atom is -0.465 e. The van der Waals surface area contributed by atoms with Gasteiger partial charge < -0.3 is 9.15 Å². The zero-order valence-electron chi connectivity index (χ0n) is 15.7. The highest BCUT2D eigenvalue weighted by Crippen LogP contribution is 2.39. The Kier molecular flexibility index (Phi) is 5.52. The number of hydrogen-bond acceptors (Lipinski definition) is 6. The molecule has 29 heavy (non-hydrogen) atoms. The van der Waals surface area contributed by atoms with Crippen molar-refractivity contribution in [1.29, 1.82) is 5.26 Å². The second-order valence-electron chi connectivity index (χ2n) is 6.65. The normalized spacial score (nSPS) is 13.3. The van der Waals surface area contributed by atoms with Crippen molar-refractivity contribution in [3.05, 3.63) is 62.7 Å². The largest absolute Gasteiger partial charge is 0.465 e. The average Bonchev–Trinajstić information content (AvgIpc) is 3.36. The van der Waals surface area contributed by atoms with Crippen molar-refractivity contribution < 1.29 is 13.9 Å². The van der Waals surface area contributed by atoms with Crippen LogP contribution in [0.15, 0.2) is 39.7 Å². The number of fused-ring (bicyclic) bond motifs is 1. The fourth-order valence-electron chi connectivity index (χ4n) is 3.41. The molecule has 3 aromatic rings. The van der Waals surface area contributed by atoms with E-state index in [2.05, 4.69) is 11.1 Å². The number of halogens is 1. The summed E-state index contributed by atoms with van der Waals surface area (Å²) in [6.07, 6.45) is 5.86. The van der Waals surface area contributed by atoms with Crippen molar-refractivity contribution in [3.8, 4) is 17.4 Å². The standard InChI is InChI=1S/C22H17ClN2O3S/c1-27-22(26)13-6-8-18(23)16(10-13)19-9-7-14(28-19)12-25-21-17(11-24)15-4-2-3-5-20(15)29-21/h6-10,12H,2-5H2,1H3. The lowest BCUT2D eigenvalue weighted by Gasteiger charge is -2.09. The first-order valence-electron chi connectivity index (χ1n) is 9.17. The molecule has 5 nitrogen and oxygen atoms in total. The lowest BCUT2D eigenvalue weighted by Crippen LogP contribution is -2.00. The summed E-state index contributed by atoms with van der Waals surface area (Å²) >= 11 is 7.86. The first-order valence-corrected chi connectivity index (χ1v) is 10.4. The van der Waals surface area contributed by atoms with E-state index in [1.165, 1.54) is 12.0 Å². The highest BCUT2D eigenvalue weighted by Gasteiger charge is 2.20. The van der Waals surface area contributed by atoms with Gasteiger partial charge in [0.05, 0.1) is 29.5 Å². The summed E-state index contributed by atoms with van der Waals surface area (Å²) in [5, 5.41) is 10.7. The molecule has 0 saturated carbocycles. The Hall–Kier alpha value is -2.88. The maximum Gasteiger partial charge on any atom is 0.337 e. The number of esters is 1. The van der Waals surface area contributed by atoms with E-state index in [0.29, 0.717) is 33.2 Å². The van der Waals surface area contributed by atoms with Crippen LogP contribution in [0.5, 0.6) is 0 Å². The first-order chi connectivity index (χ1) is 14.1. The molecule has 0 atom stereocenters. The van der Waals surface area contributed by atoms with Crippen molar-refractivity contribution in [1.82, 2.24) is 0 Å². The van der Waals surface area contributed by atoms with Gasteiger partial charge in [0.1, 0.15) is 22.6 Å². The second kappa shape index (κ2) is 8.24. The summed E-state index contributed by atoms with van der Waals surface area (Å²) < 4.78 is 10.6. The van der Waals surface area contributed by atoms with Crippen molar-refractivity contribution in [3.63, 3.8) is 0 Å². The summed E-state index contributed by atoms with van der Waals surface area (Å²) in [4.78, 5) is 17.6. The van der Waals surface area contributed by atoms with E-state index in [4.69, 9.17) is 20.8 Å². The zero-order valence-corrected chi connectivity index (χ0v) is 17.3. The zero-order chi connectivity index (χ0) is 20.4. The second-order valence-corrected chi connectivity index (χ2v) is 8.14. The summed E-state index contributed by atoms with van der Waals surface area (Å²) in [5.74, 6) is 0.616. The van der Waals surface area contributed by atoms with Crippen LogP contribution >= 0.6 is 22.9 Å².